The number of sulfonamides is 1. The topological polar surface area (TPSA) is 124 Å². The predicted molar refractivity (Wildman–Crippen MR) is 70.4 cm³/mol. The third kappa shape index (κ3) is 5.06. The molecule has 1 aliphatic heterocycles. The quantitative estimate of drug-likeness (QED) is 0.498. The summed E-state index contributed by atoms with van der Waals surface area (Å²) in [5, 5.41) is 19.8. The van der Waals surface area contributed by atoms with Gasteiger partial charge < -0.3 is 15.5 Å². The van der Waals surface area contributed by atoms with Crippen LogP contribution in [-0.2, 0) is 19.6 Å². The molecule has 3 N–H and O–H groups in total. The number of hydrogen-bond donors (Lipinski definition) is 3. The monoisotopic (exact) mass is 308 g/mol. The van der Waals surface area contributed by atoms with E-state index in [2.05, 4.69) is 5.32 Å². The Kier molecular flexibility index (Phi) is 6.37. The summed E-state index contributed by atoms with van der Waals surface area (Å²) in [5.41, 5.74) is 0. The molecule has 0 radical (unpaired) electrons. The largest absolute Gasteiger partial charge is 0.480 e. The fraction of sp³-hybridized carbons (Fsp3) is 0.818. The molecule has 0 aromatic carbocycles. The van der Waals surface area contributed by atoms with Gasteiger partial charge in [0.1, 0.15) is 0 Å². The van der Waals surface area contributed by atoms with E-state index in [0.717, 1.165) is 4.31 Å². The molecule has 9 heteroatoms. The van der Waals surface area contributed by atoms with Crippen LogP contribution in [0.1, 0.15) is 19.3 Å². The van der Waals surface area contributed by atoms with Gasteiger partial charge in [-0.15, -0.1) is 0 Å². The van der Waals surface area contributed by atoms with Crippen molar-refractivity contribution in [2.45, 2.75) is 19.3 Å². The molecule has 0 atom stereocenters. The lowest BCUT2D eigenvalue weighted by atomic mass is 9.97. The zero-order chi connectivity index (χ0) is 15.2. The first-order valence-corrected chi connectivity index (χ1v) is 8.06. The van der Waals surface area contributed by atoms with Crippen LogP contribution < -0.4 is 5.32 Å². The van der Waals surface area contributed by atoms with E-state index in [1.54, 1.807) is 0 Å². The molecule has 0 bridgehead atoms. The average Bonchev–Trinajstić information content (AvgIpc) is 2.37. The second kappa shape index (κ2) is 7.55. The lowest BCUT2D eigenvalue weighted by Crippen LogP contribution is -2.44. The third-order valence-corrected chi connectivity index (χ3v) is 4.92. The summed E-state index contributed by atoms with van der Waals surface area (Å²) in [5.74, 6) is -2.70. The van der Waals surface area contributed by atoms with Crippen LogP contribution in [0.4, 0.5) is 0 Å². The van der Waals surface area contributed by atoms with Gasteiger partial charge in [0.15, 0.2) is 5.75 Å². The SMILES string of the molecule is O=C(O)CS(=O)(=O)N1CCC(C(=O)NCCCO)CC1. The van der Waals surface area contributed by atoms with Crippen molar-refractivity contribution in [2.24, 2.45) is 5.92 Å². The highest BCUT2D eigenvalue weighted by atomic mass is 32.2. The molecule has 0 aromatic heterocycles. The zero-order valence-electron chi connectivity index (χ0n) is 11.1. The number of aliphatic hydroxyl groups is 1. The highest BCUT2D eigenvalue weighted by molar-refractivity contribution is 7.89. The smallest absolute Gasteiger partial charge is 0.320 e. The van der Waals surface area contributed by atoms with Crippen molar-refractivity contribution in [1.82, 2.24) is 9.62 Å². The second-order valence-corrected chi connectivity index (χ2v) is 6.66. The van der Waals surface area contributed by atoms with Crippen molar-refractivity contribution in [1.29, 1.82) is 0 Å². The minimum atomic E-state index is -3.78. The maximum Gasteiger partial charge on any atom is 0.320 e. The van der Waals surface area contributed by atoms with Crippen LogP contribution in [0.2, 0.25) is 0 Å². The fourth-order valence-electron chi connectivity index (χ4n) is 2.08. The number of hydrogen-bond acceptors (Lipinski definition) is 5. The number of nitrogens with one attached hydrogen (secondary N) is 1. The summed E-state index contributed by atoms with van der Waals surface area (Å²) < 4.78 is 24.5. The number of amides is 1. The summed E-state index contributed by atoms with van der Waals surface area (Å²) >= 11 is 0. The lowest BCUT2D eigenvalue weighted by Gasteiger charge is -2.30. The second-order valence-electron chi connectivity index (χ2n) is 4.69. The number of carbonyl (C=O) groups is 2. The van der Waals surface area contributed by atoms with E-state index in [1.807, 2.05) is 0 Å². The van der Waals surface area contributed by atoms with Gasteiger partial charge in [-0.1, -0.05) is 0 Å². The number of piperidine rings is 1. The van der Waals surface area contributed by atoms with Gasteiger partial charge in [-0.25, -0.2) is 12.7 Å². The van der Waals surface area contributed by atoms with Crippen molar-refractivity contribution in [2.75, 3.05) is 32.0 Å². The Balaban J connectivity index is 2.43. The van der Waals surface area contributed by atoms with Crippen molar-refractivity contribution in [3.05, 3.63) is 0 Å². The van der Waals surface area contributed by atoms with Crippen molar-refractivity contribution in [3.8, 4) is 0 Å². The Morgan fingerprint density at radius 3 is 2.35 bits per heavy atom. The molecule has 1 saturated heterocycles. The minimum Gasteiger partial charge on any atom is -0.480 e. The van der Waals surface area contributed by atoms with Gasteiger partial charge in [0, 0.05) is 32.2 Å². The van der Waals surface area contributed by atoms with E-state index in [-0.39, 0.29) is 31.5 Å². The zero-order valence-corrected chi connectivity index (χ0v) is 11.9. The number of rotatable bonds is 7. The van der Waals surface area contributed by atoms with Gasteiger partial charge in [-0.2, -0.15) is 0 Å². The highest BCUT2D eigenvalue weighted by Gasteiger charge is 2.32. The van der Waals surface area contributed by atoms with Gasteiger partial charge >= 0.3 is 5.97 Å². The summed E-state index contributed by atoms with van der Waals surface area (Å²) in [6, 6.07) is 0. The third-order valence-electron chi connectivity index (χ3n) is 3.16. The van der Waals surface area contributed by atoms with Crippen LogP contribution in [-0.4, -0.2) is 66.8 Å². The first kappa shape index (κ1) is 16.9. The molecule has 1 rings (SSSR count). The van der Waals surface area contributed by atoms with Crippen molar-refractivity contribution < 1.29 is 28.2 Å². The first-order chi connectivity index (χ1) is 9.36. The van der Waals surface area contributed by atoms with E-state index < -0.39 is 21.7 Å². The summed E-state index contributed by atoms with van der Waals surface area (Å²) in [6.07, 6.45) is 1.24. The fourth-order valence-corrected chi connectivity index (χ4v) is 3.34. The van der Waals surface area contributed by atoms with E-state index in [4.69, 9.17) is 10.2 Å². The van der Waals surface area contributed by atoms with Crippen LogP contribution in [0.3, 0.4) is 0 Å². The summed E-state index contributed by atoms with van der Waals surface area (Å²) in [6.45, 7) is 0.723. The number of carboxylic acid groups (broad SMARTS) is 1. The van der Waals surface area contributed by atoms with Crippen molar-refractivity contribution >= 4 is 21.9 Å². The Morgan fingerprint density at radius 1 is 1.25 bits per heavy atom. The minimum absolute atomic E-state index is 0.00611. The number of aliphatic hydroxyl groups excluding tert-OH is 1. The lowest BCUT2D eigenvalue weighted by molar-refractivity contribution is -0.134. The molecular weight excluding hydrogens is 288 g/mol. The van der Waals surface area contributed by atoms with Gasteiger partial charge in [-0.3, -0.25) is 9.59 Å². The first-order valence-electron chi connectivity index (χ1n) is 6.45. The van der Waals surface area contributed by atoms with E-state index in [9.17, 15) is 18.0 Å². The Labute approximate surface area is 117 Å². The maximum absolute atomic E-state index is 11.8. The molecular formula is C11H20N2O6S. The summed E-state index contributed by atoms with van der Waals surface area (Å²) in [4.78, 5) is 22.2. The van der Waals surface area contributed by atoms with Gasteiger partial charge in [-0.05, 0) is 19.3 Å². The molecule has 0 spiro atoms. The highest BCUT2D eigenvalue weighted by Crippen LogP contribution is 2.20. The van der Waals surface area contributed by atoms with E-state index >= 15 is 0 Å². The molecule has 8 nitrogen and oxygen atoms in total. The Morgan fingerprint density at radius 2 is 1.85 bits per heavy atom. The average molecular weight is 308 g/mol. The summed E-state index contributed by atoms with van der Waals surface area (Å²) in [7, 11) is -3.78. The molecule has 0 saturated carbocycles. The molecule has 20 heavy (non-hydrogen) atoms. The maximum atomic E-state index is 11.8. The van der Waals surface area contributed by atoms with Crippen LogP contribution >= 0.6 is 0 Å². The van der Waals surface area contributed by atoms with Crippen LogP contribution in [0.5, 0.6) is 0 Å². The molecule has 1 fully saturated rings. The number of aliphatic carboxylic acids is 1. The van der Waals surface area contributed by atoms with Gasteiger partial charge in [0.25, 0.3) is 0 Å². The van der Waals surface area contributed by atoms with Crippen molar-refractivity contribution in [3.63, 3.8) is 0 Å². The number of carbonyl (C=O) groups excluding carboxylic acids is 1. The van der Waals surface area contributed by atoms with Crippen LogP contribution in [0.15, 0.2) is 0 Å². The molecule has 0 aliphatic carbocycles. The predicted octanol–water partition coefficient (Wildman–Crippen LogP) is -1.39. The molecule has 0 unspecified atom stereocenters. The van der Waals surface area contributed by atoms with E-state index in [1.165, 1.54) is 0 Å². The Hall–Kier alpha value is -1.19. The molecule has 116 valence electrons. The van der Waals surface area contributed by atoms with E-state index in [0.29, 0.717) is 25.8 Å². The standard InChI is InChI=1S/C11H20N2O6S/c14-7-1-4-12-11(17)9-2-5-13(6-3-9)20(18,19)8-10(15)16/h9,14H,1-8H2,(H,12,17)(H,15,16). The van der Waals surface area contributed by atoms with Crippen LogP contribution in [0, 0.1) is 5.92 Å². The normalized spacial score (nSPS) is 17.9. The molecule has 1 aliphatic rings. The Bertz CT molecular complexity index is 442. The van der Waals surface area contributed by atoms with Gasteiger partial charge in [0.2, 0.25) is 15.9 Å². The molecule has 0 aromatic rings. The number of nitrogens with zero attached hydrogens (tertiary/aromatic N) is 1. The number of carboxylic acids is 1. The van der Waals surface area contributed by atoms with Crippen LogP contribution in [0.25, 0.3) is 0 Å². The molecule has 1 amide bonds. The van der Waals surface area contributed by atoms with Gasteiger partial charge in [0.05, 0.1) is 0 Å². The molecule has 1 heterocycles.